The summed E-state index contributed by atoms with van der Waals surface area (Å²) in [5.74, 6) is 0.755. The summed E-state index contributed by atoms with van der Waals surface area (Å²) in [6, 6.07) is 0. The van der Waals surface area contributed by atoms with Crippen LogP contribution in [0.1, 0.15) is 33.6 Å². The molecule has 1 unspecified atom stereocenters. The molecule has 0 aromatic heterocycles. The zero-order chi connectivity index (χ0) is 8.27. The van der Waals surface area contributed by atoms with Crippen LogP contribution < -0.4 is 0 Å². The van der Waals surface area contributed by atoms with Gasteiger partial charge >= 0.3 is 0 Å². The summed E-state index contributed by atoms with van der Waals surface area (Å²) in [4.78, 5) is 0. The highest BCUT2D eigenvalue weighted by Gasteiger charge is 2.28. The fourth-order valence-corrected chi connectivity index (χ4v) is 1.20. The fraction of sp³-hybridized carbons (Fsp3) is 0.800. The second-order valence-electron chi connectivity index (χ2n) is 3.71. The Bertz CT molecular complexity index is 141. The van der Waals surface area contributed by atoms with Crippen molar-refractivity contribution < 1.29 is 4.74 Å². The maximum Gasteiger partial charge on any atom is 0.0835 e. The van der Waals surface area contributed by atoms with Crippen LogP contribution in [0.5, 0.6) is 0 Å². The summed E-state index contributed by atoms with van der Waals surface area (Å²) in [5, 5.41) is 0. The molecular weight excluding hydrogens is 136 g/mol. The summed E-state index contributed by atoms with van der Waals surface area (Å²) in [5.41, 5.74) is 1.42. The number of hydrogen-bond donors (Lipinski definition) is 0. The van der Waals surface area contributed by atoms with Gasteiger partial charge in [0.25, 0.3) is 0 Å². The lowest BCUT2D eigenvalue weighted by Gasteiger charge is -2.04. The van der Waals surface area contributed by atoms with Gasteiger partial charge in [0.2, 0.25) is 0 Å². The third-order valence-corrected chi connectivity index (χ3v) is 2.17. The van der Waals surface area contributed by atoms with Crippen molar-refractivity contribution in [3.05, 3.63) is 11.6 Å². The molecule has 1 aliphatic rings. The molecule has 64 valence electrons. The normalized spacial score (nSPS) is 24.5. The first-order chi connectivity index (χ1) is 5.20. The van der Waals surface area contributed by atoms with Crippen molar-refractivity contribution in [2.45, 2.75) is 39.7 Å². The van der Waals surface area contributed by atoms with E-state index < -0.39 is 0 Å². The van der Waals surface area contributed by atoms with Gasteiger partial charge in [0.05, 0.1) is 12.7 Å². The highest BCUT2D eigenvalue weighted by atomic mass is 16.6. The number of epoxide rings is 1. The van der Waals surface area contributed by atoms with Crippen LogP contribution >= 0.6 is 0 Å². The van der Waals surface area contributed by atoms with E-state index in [1.807, 2.05) is 0 Å². The number of hydrogen-bond acceptors (Lipinski definition) is 1. The lowest BCUT2D eigenvalue weighted by Crippen LogP contribution is -2.01. The minimum absolute atomic E-state index is 0.584. The Labute approximate surface area is 69.4 Å². The van der Waals surface area contributed by atoms with Gasteiger partial charge in [-0.2, -0.15) is 0 Å². The van der Waals surface area contributed by atoms with Crippen LogP contribution in [0.3, 0.4) is 0 Å². The lowest BCUT2D eigenvalue weighted by atomic mass is 10.0. The van der Waals surface area contributed by atoms with Gasteiger partial charge in [-0.25, -0.2) is 0 Å². The Balaban J connectivity index is 2.06. The average Bonchev–Trinajstić information content (AvgIpc) is 2.66. The molecule has 0 aromatic rings. The van der Waals surface area contributed by atoms with Crippen molar-refractivity contribution >= 4 is 0 Å². The molecule has 0 radical (unpaired) electrons. The summed E-state index contributed by atoms with van der Waals surface area (Å²) in [7, 11) is 0. The SMILES string of the molecule is CC(C)=CCC[C@H](C)C1CO1. The summed E-state index contributed by atoms with van der Waals surface area (Å²) in [6.45, 7) is 7.57. The maximum absolute atomic E-state index is 5.21. The molecule has 1 heteroatoms. The topological polar surface area (TPSA) is 12.5 Å². The molecule has 1 heterocycles. The molecule has 11 heavy (non-hydrogen) atoms. The Kier molecular flexibility index (Phi) is 3.13. The molecule has 1 rings (SSSR count). The molecule has 0 N–H and O–H groups in total. The third-order valence-electron chi connectivity index (χ3n) is 2.17. The van der Waals surface area contributed by atoms with Crippen molar-refractivity contribution in [2.75, 3.05) is 6.61 Å². The summed E-state index contributed by atoms with van der Waals surface area (Å²) in [6.07, 6.45) is 5.37. The van der Waals surface area contributed by atoms with Gasteiger partial charge in [-0.3, -0.25) is 0 Å². The molecule has 1 aliphatic heterocycles. The molecule has 0 spiro atoms. The third kappa shape index (κ3) is 3.57. The Hall–Kier alpha value is -0.300. The quantitative estimate of drug-likeness (QED) is 0.448. The van der Waals surface area contributed by atoms with Gasteiger partial charge in [-0.05, 0) is 32.6 Å². The molecule has 1 fully saturated rings. The van der Waals surface area contributed by atoms with Crippen LogP contribution in [0.15, 0.2) is 11.6 Å². The van der Waals surface area contributed by atoms with E-state index in [-0.39, 0.29) is 0 Å². The minimum atomic E-state index is 0.584. The zero-order valence-electron chi connectivity index (χ0n) is 7.76. The van der Waals surface area contributed by atoms with E-state index in [0.29, 0.717) is 6.10 Å². The predicted molar refractivity (Wildman–Crippen MR) is 47.6 cm³/mol. The number of allylic oxidation sites excluding steroid dienone is 2. The molecule has 0 bridgehead atoms. The van der Waals surface area contributed by atoms with Crippen molar-refractivity contribution in [3.63, 3.8) is 0 Å². The van der Waals surface area contributed by atoms with Crippen LogP contribution in [0.25, 0.3) is 0 Å². The van der Waals surface area contributed by atoms with Gasteiger partial charge in [0.15, 0.2) is 0 Å². The van der Waals surface area contributed by atoms with E-state index in [0.717, 1.165) is 12.5 Å². The minimum Gasteiger partial charge on any atom is -0.373 e. The number of ether oxygens (including phenoxy) is 1. The van der Waals surface area contributed by atoms with E-state index in [4.69, 9.17) is 4.74 Å². The van der Waals surface area contributed by atoms with Crippen molar-refractivity contribution in [1.29, 1.82) is 0 Å². The first-order valence-corrected chi connectivity index (χ1v) is 4.45. The highest BCUT2D eigenvalue weighted by Crippen LogP contribution is 2.23. The van der Waals surface area contributed by atoms with Gasteiger partial charge < -0.3 is 4.74 Å². The molecule has 0 aliphatic carbocycles. The highest BCUT2D eigenvalue weighted by molar-refractivity contribution is 4.93. The van der Waals surface area contributed by atoms with Crippen LogP contribution in [0.2, 0.25) is 0 Å². The average molecular weight is 154 g/mol. The monoisotopic (exact) mass is 154 g/mol. The van der Waals surface area contributed by atoms with Crippen molar-refractivity contribution in [1.82, 2.24) is 0 Å². The van der Waals surface area contributed by atoms with Gasteiger partial charge in [-0.1, -0.05) is 18.6 Å². The maximum atomic E-state index is 5.21. The second-order valence-corrected chi connectivity index (χ2v) is 3.71. The Morgan fingerprint density at radius 2 is 2.27 bits per heavy atom. The van der Waals surface area contributed by atoms with Crippen LogP contribution in [0, 0.1) is 5.92 Å². The van der Waals surface area contributed by atoms with Crippen molar-refractivity contribution in [3.8, 4) is 0 Å². The second kappa shape index (κ2) is 3.91. The molecule has 0 saturated carbocycles. The van der Waals surface area contributed by atoms with Gasteiger partial charge in [0.1, 0.15) is 0 Å². The van der Waals surface area contributed by atoms with Gasteiger partial charge in [-0.15, -0.1) is 0 Å². The van der Waals surface area contributed by atoms with Crippen LogP contribution in [-0.4, -0.2) is 12.7 Å². The van der Waals surface area contributed by atoms with Crippen LogP contribution in [0.4, 0.5) is 0 Å². The molecule has 0 aromatic carbocycles. The van der Waals surface area contributed by atoms with Crippen LogP contribution in [-0.2, 0) is 4.74 Å². The van der Waals surface area contributed by atoms with E-state index in [2.05, 4.69) is 26.8 Å². The lowest BCUT2D eigenvalue weighted by molar-refractivity contribution is 0.332. The van der Waals surface area contributed by atoms with E-state index in [1.54, 1.807) is 0 Å². The first kappa shape index (κ1) is 8.79. The standard InChI is InChI=1S/C10H18O/c1-8(2)5-4-6-9(3)10-7-11-10/h5,9-10H,4,6-7H2,1-3H3/t9-,10?/m0/s1. The largest absolute Gasteiger partial charge is 0.373 e. The Morgan fingerprint density at radius 1 is 1.64 bits per heavy atom. The summed E-state index contributed by atoms with van der Waals surface area (Å²) >= 11 is 0. The van der Waals surface area contributed by atoms with E-state index in [9.17, 15) is 0 Å². The van der Waals surface area contributed by atoms with E-state index in [1.165, 1.54) is 18.4 Å². The molecule has 0 amide bonds. The first-order valence-electron chi connectivity index (χ1n) is 4.45. The van der Waals surface area contributed by atoms with Crippen molar-refractivity contribution in [2.24, 2.45) is 5.92 Å². The molecule has 1 saturated heterocycles. The smallest absolute Gasteiger partial charge is 0.0835 e. The van der Waals surface area contributed by atoms with Gasteiger partial charge in [0, 0.05) is 0 Å². The summed E-state index contributed by atoms with van der Waals surface area (Å²) < 4.78 is 5.21. The molecule has 1 nitrogen and oxygen atoms in total. The fourth-order valence-electron chi connectivity index (χ4n) is 1.20. The zero-order valence-corrected chi connectivity index (χ0v) is 7.76. The van der Waals surface area contributed by atoms with E-state index >= 15 is 0 Å². The number of rotatable bonds is 4. The molecular formula is C10H18O. The predicted octanol–water partition coefficient (Wildman–Crippen LogP) is 2.77. The molecule has 2 atom stereocenters. The Morgan fingerprint density at radius 3 is 2.73 bits per heavy atom.